The molecule has 0 fully saturated rings. The van der Waals surface area contributed by atoms with Crippen LogP contribution in [0, 0.1) is 5.92 Å². The first-order chi connectivity index (χ1) is 46.0. The third-order valence-electron chi connectivity index (χ3n) is 17.8. The van der Waals surface area contributed by atoms with Crippen molar-refractivity contribution in [1.29, 1.82) is 0 Å². The molecule has 0 bridgehead atoms. The van der Waals surface area contributed by atoms with Gasteiger partial charge in [0.2, 0.25) is 0 Å². The van der Waals surface area contributed by atoms with E-state index in [-0.39, 0.29) is 25.7 Å². The lowest BCUT2D eigenvalue weighted by Gasteiger charge is -2.21. The van der Waals surface area contributed by atoms with Crippen LogP contribution in [0.1, 0.15) is 401 Å². The number of hydrogen-bond acceptors (Lipinski definition) is 15. The van der Waals surface area contributed by atoms with E-state index in [9.17, 15) is 43.2 Å². The van der Waals surface area contributed by atoms with Crippen molar-refractivity contribution in [3.8, 4) is 0 Å². The molecule has 0 heterocycles. The van der Waals surface area contributed by atoms with Crippen LogP contribution in [-0.4, -0.2) is 96.7 Å². The third kappa shape index (κ3) is 70.3. The second-order valence-corrected chi connectivity index (χ2v) is 30.8. The van der Waals surface area contributed by atoms with Crippen molar-refractivity contribution in [1.82, 2.24) is 0 Å². The van der Waals surface area contributed by atoms with Crippen molar-refractivity contribution in [2.24, 2.45) is 5.92 Å². The minimum atomic E-state index is -4.96. The largest absolute Gasteiger partial charge is 0.472 e. The number of rotatable bonds is 76. The summed E-state index contributed by atoms with van der Waals surface area (Å²) in [5, 5.41) is 10.6. The Morgan fingerprint density at radius 2 is 0.484 bits per heavy atom. The number of carbonyl (C=O) groups is 4. The highest BCUT2D eigenvalue weighted by Crippen LogP contribution is 2.45. The number of carbonyl (C=O) groups excluding carboxylic acids is 4. The van der Waals surface area contributed by atoms with Gasteiger partial charge in [-0.1, -0.05) is 349 Å². The molecule has 0 aliphatic rings. The number of aliphatic hydroxyl groups is 1. The molecule has 0 amide bonds. The molecule has 5 atom stereocenters. The number of esters is 4. The molecule has 0 rings (SSSR count). The molecule has 17 nitrogen and oxygen atoms in total. The zero-order valence-corrected chi connectivity index (χ0v) is 63.6. The first-order valence-corrected chi connectivity index (χ1v) is 42.6. The topological polar surface area (TPSA) is 237 Å². The molecule has 0 aromatic rings. The monoisotopic (exact) mass is 1400 g/mol. The summed E-state index contributed by atoms with van der Waals surface area (Å²) in [4.78, 5) is 72.7. The average Bonchev–Trinajstić information content (AvgIpc) is 1.60. The Hall–Kier alpha value is -1.94. The molecule has 0 saturated carbocycles. The van der Waals surface area contributed by atoms with Crippen LogP contribution in [0.2, 0.25) is 0 Å². The van der Waals surface area contributed by atoms with E-state index >= 15 is 0 Å². The second-order valence-electron chi connectivity index (χ2n) is 27.9. The SMILES string of the molecule is CCCCCCCCCCCCCCCCCCCCCCC(=O)O[C@H](COC(=O)CCCCCCCCCCCCCC(C)C)COP(=O)(O)OC[C@@H](O)COP(=O)(O)OC[C@@H](COC(=O)CCCCCCCCCC)OC(=O)CCCCCCCCCCCCCCC. The van der Waals surface area contributed by atoms with Crippen LogP contribution in [0.4, 0.5) is 0 Å². The van der Waals surface area contributed by atoms with Gasteiger partial charge in [0.25, 0.3) is 0 Å². The predicted octanol–water partition coefficient (Wildman–Crippen LogP) is 22.5. The molecule has 0 aromatic carbocycles. The molecule has 2 unspecified atom stereocenters. The molecule has 564 valence electrons. The van der Waals surface area contributed by atoms with Crippen molar-refractivity contribution in [2.75, 3.05) is 39.6 Å². The summed E-state index contributed by atoms with van der Waals surface area (Å²) >= 11 is 0. The highest BCUT2D eigenvalue weighted by atomic mass is 31.2. The predicted molar refractivity (Wildman–Crippen MR) is 386 cm³/mol. The van der Waals surface area contributed by atoms with Gasteiger partial charge in [-0.05, 0) is 31.6 Å². The van der Waals surface area contributed by atoms with Crippen molar-refractivity contribution < 1.29 is 80.2 Å². The zero-order valence-electron chi connectivity index (χ0n) is 61.8. The van der Waals surface area contributed by atoms with Crippen LogP contribution in [0.15, 0.2) is 0 Å². The van der Waals surface area contributed by atoms with Gasteiger partial charge in [0.05, 0.1) is 26.4 Å². The van der Waals surface area contributed by atoms with E-state index in [0.29, 0.717) is 25.7 Å². The second kappa shape index (κ2) is 69.2. The van der Waals surface area contributed by atoms with Crippen molar-refractivity contribution in [3.63, 3.8) is 0 Å². The minimum absolute atomic E-state index is 0.108. The van der Waals surface area contributed by atoms with Crippen LogP contribution in [0.3, 0.4) is 0 Å². The van der Waals surface area contributed by atoms with E-state index in [1.807, 2.05) is 0 Å². The van der Waals surface area contributed by atoms with Gasteiger partial charge in [0.1, 0.15) is 19.3 Å². The van der Waals surface area contributed by atoms with Gasteiger partial charge < -0.3 is 33.8 Å². The van der Waals surface area contributed by atoms with E-state index in [4.69, 9.17) is 37.0 Å². The Kier molecular flexibility index (Phi) is 67.7. The van der Waals surface area contributed by atoms with Gasteiger partial charge in [-0.2, -0.15) is 0 Å². The summed E-state index contributed by atoms with van der Waals surface area (Å²) in [5.74, 6) is -1.34. The first kappa shape index (κ1) is 93.1. The number of ether oxygens (including phenoxy) is 4. The summed E-state index contributed by atoms with van der Waals surface area (Å²) in [6.45, 7) is 7.27. The Morgan fingerprint density at radius 3 is 0.716 bits per heavy atom. The summed E-state index contributed by atoms with van der Waals surface area (Å²) in [7, 11) is -9.91. The smallest absolute Gasteiger partial charge is 0.462 e. The van der Waals surface area contributed by atoms with Gasteiger partial charge in [-0.15, -0.1) is 0 Å². The molecule has 0 radical (unpaired) electrons. The Morgan fingerprint density at radius 1 is 0.284 bits per heavy atom. The van der Waals surface area contributed by atoms with Crippen molar-refractivity contribution >= 4 is 39.5 Å². The Bertz CT molecular complexity index is 1820. The lowest BCUT2D eigenvalue weighted by Crippen LogP contribution is -2.30. The normalized spacial score (nSPS) is 13.9. The first-order valence-electron chi connectivity index (χ1n) is 39.6. The van der Waals surface area contributed by atoms with E-state index in [0.717, 1.165) is 102 Å². The fourth-order valence-corrected chi connectivity index (χ4v) is 13.3. The summed E-state index contributed by atoms with van der Waals surface area (Å²) in [6.07, 6.45) is 58.3. The fourth-order valence-electron chi connectivity index (χ4n) is 11.7. The quantitative estimate of drug-likeness (QED) is 0.0222. The van der Waals surface area contributed by atoms with E-state index in [1.165, 1.54) is 218 Å². The van der Waals surface area contributed by atoms with Gasteiger partial charge in [-0.3, -0.25) is 37.3 Å². The number of aliphatic hydroxyl groups excluding tert-OH is 1. The molecule has 0 saturated heterocycles. The molecular formula is C76H148O17P2. The Labute approximate surface area is 581 Å². The third-order valence-corrected chi connectivity index (χ3v) is 19.7. The summed E-state index contributed by atoms with van der Waals surface area (Å²) in [6, 6.07) is 0. The number of phosphoric ester groups is 2. The van der Waals surface area contributed by atoms with Gasteiger partial charge in [0.15, 0.2) is 12.2 Å². The molecule has 95 heavy (non-hydrogen) atoms. The number of phosphoric acid groups is 2. The molecular weight excluding hydrogens is 1250 g/mol. The maximum Gasteiger partial charge on any atom is 0.472 e. The van der Waals surface area contributed by atoms with Gasteiger partial charge in [0, 0.05) is 25.7 Å². The number of unbranched alkanes of at least 4 members (excludes halogenated alkanes) is 48. The maximum absolute atomic E-state index is 13.1. The summed E-state index contributed by atoms with van der Waals surface area (Å²) in [5.41, 5.74) is 0. The maximum atomic E-state index is 13.1. The average molecular weight is 1400 g/mol. The standard InChI is InChI=1S/C76H148O17P2/c1-6-9-12-15-18-21-23-25-26-27-28-29-30-31-33-37-42-47-52-57-62-76(81)93-72(66-87-74(79)60-55-50-45-40-38-34-35-39-43-48-53-58-69(4)5)68-91-95(84,85)89-64-70(77)63-88-94(82,83)90-67-71(65-86-73(78)59-54-49-44-20-17-14-11-8-3)92-75(80)61-56-51-46-41-36-32-24-22-19-16-13-10-7-2/h69-72,77H,6-68H2,1-5H3,(H,82,83)(H,84,85)/t70-,71+,72+/m0/s1. The van der Waals surface area contributed by atoms with Crippen LogP contribution in [0.25, 0.3) is 0 Å². The molecule has 0 aliphatic heterocycles. The van der Waals surface area contributed by atoms with Crippen LogP contribution in [-0.2, 0) is 65.4 Å². The van der Waals surface area contributed by atoms with E-state index in [1.54, 1.807) is 0 Å². The molecule has 0 aromatic heterocycles. The lowest BCUT2D eigenvalue weighted by atomic mass is 10.0. The Balaban J connectivity index is 5.19. The van der Waals surface area contributed by atoms with Crippen LogP contribution < -0.4 is 0 Å². The lowest BCUT2D eigenvalue weighted by molar-refractivity contribution is -0.161. The molecule has 19 heteroatoms. The van der Waals surface area contributed by atoms with Gasteiger partial charge >= 0.3 is 39.5 Å². The number of hydrogen-bond donors (Lipinski definition) is 3. The van der Waals surface area contributed by atoms with Crippen molar-refractivity contribution in [2.45, 2.75) is 419 Å². The van der Waals surface area contributed by atoms with Gasteiger partial charge in [-0.25, -0.2) is 9.13 Å². The van der Waals surface area contributed by atoms with Crippen LogP contribution in [0.5, 0.6) is 0 Å². The minimum Gasteiger partial charge on any atom is -0.462 e. The molecule has 0 aliphatic carbocycles. The zero-order chi connectivity index (χ0) is 69.8. The molecule has 3 N–H and O–H groups in total. The molecule has 0 spiro atoms. The van der Waals surface area contributed by atoms with Crippen molar-refractivity contribution in [3.05, 3.63) is 0 Å². The van der Waals surface area contributed by atoms with E-state index in [2.05, 4.69) is 34.6 Å². The van der Waals surface area contributed by atoms with Crippen LogP contribution >= 0.6 is 15.6 Å². The fraction of sp³-hybridized carbons (Fsp3) is 0.947. The highest BCUT2D eigenvalue weighted by molar-refractivity contribution is 7.47. The van der Waals surface area contributed by atoms with E-state index < -0.39 is 97.5 Å². The summed E-state index contributed by atoms with van der Waals surface area (Å²) < 4.78 is 68.5. The highest BCUT2D eigenvalue weighted by Gasteiger charge is 2.30.